The Morgan fingerprint density at radius 2 is 1.00 bits per heavy atom. The van der Waals surface area contributed by atoms with Crippen LogP contribution in [0.4, 0.5) is 0 Å². The standard InChI is InChI=1S/C26H22O4S/c1-19-12-14-21(15-13-19)29-23-8-4-10-25(17-23)31(27,28)26-11-5-9-24(18-26)30-22-7-3-6-20(2)16-22/h3-18H,1-2H3. The van der Waals surface area contributed by atoms with Crippen molar-refractivity contribution >= 4 is 9.84 Å². The first-order chi connectivity index (χ1) is 14.9. The van der Waals surface area contributed by atoms with Gasteiger partial charge in [-0.15, -0.1) is 0 Å². The Kier molecular flexibility index (Phi) is 5.78. The van der Waals surface area contributed by atoms with E-state index < -0.39 is 9.84 Å². The molecule has 156 valence electrons. The number of rotatable bonds is 6. The van der Waals surface area contributed by atoms with Gasteiger partial charge >= 0.3 is 0 Å². The topological polar surface area (TPSA) is 52.6 Å². The molecule has 0 saturated heterocycles. The second-order valence-electron chi connectivity index (χ2n) is 7.29. The Morgan fingerprint density at radius 1 is 0.516 bits per heavy atom. The molecule has 0 aliphatic heterocycles. The quantitative estimate of drug-likeness (QED) is 0.341. The Hall–Kier alpha value is -3.57. The van der Waals surface area contributed by atoms with Crippen molar-refractivity contribution in [3.63, 3.8) is 0 Å². The first-order valence-electron chi connectivity index (χ1n) is 9.84. The number of hydrogen-bond acceptors (Lipinski definition) is 4. The van der Waals surface area contributed by atoms with Crippen LogP contribution in [0.5, 0.6) is 23.0 Å². The molecule has 4 aromatic carbocycles. The summed E-state index contributed by atoms with van der Waals surface area (Å²) in [5.41, 5.74) is 2.18. The maximum atomic E-state index is 13.2. The fraction of sp³-hybridized carbons (Fsp3) is 0.0769. The van der Waals surface area contributed by atoms with Crippen molar-refractivity contribution in [2.45, 2.75) is 23.6 Å². The first kappa shape index (κ1) is 20.7. The molecule has 0 bridgehead atoms. The van der Waals surface area contributed by atoms with E-state index in [-0.39, 0.29) is 9.79 Å². The molecule has 0 saturated carbocycles. The third-order valence-corrected chi connectivity index (χ3v) is 6.46. The lowest BCUT2D eigenvalue weighted by atomic mass is 10.2. The van der Waals surface area contributed by atoms with Gasteiger partial charge in [-0.1, -0.05) is 42.0 Å². The van der Waals surface area contributed by atoms with Crippen LogP contribution < -0.4 is 9.47 Å². The zero-order valence-electron chi connectivity index (χ0n) is 17.3. The summed E-state index contributed by atoms with van der Waals surface area (Å²) in [4.78, 5) is 0.315. The largest absolute Gasteiger partial charge is 0.457 e. The van der Waals surface area contributed by atoms with Gasteiger partial charge in [0.2, 0.25) is 9.84 Å². The summed E-state index contributed by atoms with van der Waals surface area (Å²) in [6.45, 7) is 3.97. The van der Waals surface area contributed by atoms with Crippen LogP contribution in [0.1, 0.15) is 11.1 Å². The highest BCUT2D eigenvalue weighted by molar-refractivity contribution is 7.91. The van der Waals surface area contributed by atoms with E-state index in [1.165, 1.54) is 12.1 Å². The van der Waals surface area contributed by atoms with Crippen molar-refractivity contribution < 1.29 is 17.9 Å². The van der Waals surface area contributed by atoms with E-state index in [9.17, 15) is 8.42 Å². The van der Waals surface area contributed by atoms with Gasteiger partial charge in [-0.2, -0.15) is 0 Å². The van der Waals surface area contributed by atoms with Gasteiger partial charge in [0.15, 0.2) is 0 Å². The van der Waals surface area contributed by atoms with Crippen LogP contribution in [-0.2, 0) is 9.84 Å². The van der Waals surface area contributed by atoms with Crippen LogP contribution in [0, 0.1) is 13.8 Å². The van der Waals surface area contributed by atoms with E-state index in [0.29, 0.717) is 23.0 Å². The number of aryl methyl sites for hydroxylation is 2. The molecular weight excluding hydrogens is 408 g/mol. The molecule has 0 amide bonds. The predicted octanol–water partition coefficient (Wildman–Crippen LogP) is 6.72. The minimum absolute atomic E-state index is 0.157. The summed E-state index contributed by atoms with van der Waals surface area (Å²) < 4.78 is 38.1. The Labute approximate surface area is 182 Å². The Balaban J connectivity index is 1.60. The normalized spacial score (nSPS) is 11.2. The molecule has 0 heterocycles. The summed E-state index contributed by atoms with van der Waals surface area (Å²) in [6.07, 6.45) is 0. The van der Waals surface area contributed by atoms with Crippen LogP contribution >= 0.6 is 0 Å². The van der Waals surface area contributed by atoms with Gasteiger partial charge in [0.1, 0.15) is 23.0 Å². The highest BCUT2D eigenvalue weighted by atomic mass is 32.2. The molecule has 0 aliphatic carbocycles. The van der Waals surface area contributed by atoms with Gasteiger partial charge in [-0.05, 0) is 80.1 Å². The molecule has 5 heteroatoms. The van der Waals surface area contributed by atoms with Crippen LogP contribution in [0.15, 0.2) is 107 Å². The second kappa shape index (κ2) is 8.66. The van der Waals surface area contributed by atoms with Crippen LogP contribution in [-0.4, -0.2) is 8.42 Å². The monoisotopic (exact) mass is 430 g/mol. The SMILES string of the molecule is Cc1ccc(Oc2cccc(S(=O)(=O)c3cccc(Oc4cccc(C)c4)c3)c2)cc1. The molecule has 4 nitrogen and oxygen atoms in total. The van der Waals surface area contributed by atoms with E-state index in [4.69, 9.17) is 9.47 Å². The van der Waals surface area contributed by atoms with Crippen LogP contribution in [0.25, 0.3) is 0 Å². The lowest BCUT2D eigenvalue weighted by Crippen LogP contribution is -2.02. The third kappa shape index (κ3) is 4.95. The summed E-state index contributed by atoms with van der Waals surface area (Å²) in [5.74, 6) is 2.22. The van der Waals surface area contributed by atoms with Crippen molar-refractivity contribution in [2.24, 2.45) is 0 Å². The number of sulfone groups is 1. The Bertz CT molecular complexity index is 1310. The molecule has 31 heavy (non-hydrogen) atoms. The van der Waals surface area contributed by atoms with E-state index in [1.54, 1.807) is 36.4 Å². The summed E-state index contributed by atoms with van der Waals surface area (Å²) in [7, 11) is -3.74. The zero-order chi connectivity index (χ0) is 21.8. The fourth-order valence-corrected chi connectivity index (χ4v) is 4.43. The molecule has 0 fully saturated rings. The molecule has 0 spiro atoms. The molecule has 0 atom stereocenters. The lowest BCUT2D eigenvalue weighted by Gasteiger charge is -2.11. The van der Waals surface area contributed by atoms with Gasteiger partial charge in [0.05, 0.1) is 9.79 Å². The van der Waals surface area contributed by atoms with Crippen molar-refractivity contribution in [1.82, 2.24) is 0 Å². The van der Waals surface area contributed by atoms with Gasteiger partial charge in [-0.25, -0.2) is 8.42 Å². The van der Waals surface area contributed by atoms with Gasteiger partial charge in [0.25, 0.3) is 0 Å². The maximum Gasteiger partial charge on any atom is 0.206 e. The average molecular weight is 431 g/mol. The van der Waals surface area contributed by atoms with Crippen molar-refractivity contribution in [1.29, 1.82) is 0 Å². The van der Waals surface area contributed by atoms with E-state index >= 15 is 0 Å². The van der Waals surface area contributed by atoms with Gasteiger partial charge in [-0.3, -0.25) is 0 Å². The minimum Gasteiger partial charge on any atom is -0.457 e. The van der Waals surface area contributed by atoms with Crippen LogP contribution in [0.2, 0.25) is 0 Å². The van der Waals surface area contributed by atoms with E-state index in [0.717, 1.165) is 11.1 Å². The number of benzene rings is 4. The molecule has 4 aromatic rings. The summed E-state index contributed by atoms with van der Waals surface area (Å²) in [6, 6.07) is 28.2. The van der Waals surface area contributed by atoms with Gasteiger partial charge < -0.3 is 9.47 Å². The molecular formula is C26H22O4S. The number of hydrogen-bond donors (Lipinski definition) is 0. The van der Waals surface area contributed by atoms with E-state index in [1.807, 2.05) is 62.4 Å². The minimum atomic E-state index is -3.74. The molecule has 4 rings (SSSR count). The molecule has 0 N–H and O–H groups in total. The molecule has 0 unspecified atom stereocenters. The maximum absolute atomic E-state index is 13.2. The zero-order valence-corrected chi connectivity index (χ0v) is 18.1. The fourth-order valence-electron chi connectivity index (χ4n) is 3.10. The van der Waals surface area contributed by atoms with E-state index in [2.05, 4.69) is 0 Å². The Morgan fingerprint density at radius 3 is 1.55 bits per heavy atom. The number of ether oxygens (including phenoxy) is 2. The lowest BCUT2D eigenvalue weighted by molar-refractivity contribution is 0.480. The highest BCUT2D eigenvalue weighted by Crippen LogP contribution is 2.30. The summed E-state index contributed by atoms with van der Waals surface area (Å²) in [5, 5.41) is 0. The van der Waals surface area contributed by atoms with Crippen LogP contribution in [0.3, 0.4) is 0 Å². The average Bonchev–Trinajstić information content (AvgIpc) is 2.76. The van der Waals surface area contributed by atoms with Gasteiger partial charge in [0, 0.05) is 0 Å². The second-order valence-corrected chi connectivity index (χ2v) is 9.24. The molecule has 0 aromatic heterocycles. The molecule has 0 radical (unpaired) electrons. The third-order valence-electron chi connectivity index (χ3n) is 4.71. The first-order valence-corrected chi connectivity index (χ1v) is 11.3. The smallest absolute Gasteiger partial charge is 0.206 e. The predicted molar refractivity (Wildman–Crippen MR) is 121 cm³/mol. The van der Waals surface area contributed by atoms with Crippen molar-refractivity contribution in [3.05, 3.63) is 108 Å². The highest BCUT2D eigenvalue weighted by Gasteiger charge is 2.19. The summed E-state index contributed by atoms with van der Waals surface area (Å²) >= 11 is 0. The molecule has 0 aliphatic rings. The van der Waals surface area contributed by atoms with Crippen molar-refractivity contribution in [3.8, 4) is 23.0 Å². The van der Waals surface area contributed by atoms with Crippen molar-refractivity contribution in [2.75, 3.05) is 0 Å².